The highest BCUT2D eigenvalue weighted by Crippen LogP contribution is 2.27. The zero-order valence-electron chi connectivity index (χ0n) is 15.6. The molecule has 1 N–H and O–H groups in total. The molecule has 3 heterocycles. The van der Waals surface area contributed by atoms with Crippen LogP contribution in [0.3, 0.4) is 0 Å². The lowest BCUT2D eigenvalue weighted by atomic mass is 10.2. The molecule has 1 amide bonds. The number of rotatable bonds is 7. The summed E-state index contributed by atoms with van der Waals surface area (Å²) in [6.07, 6.45) is 5.64. The summed E-state index contributed by atoms with van der Waals surface area (Å²) in [6.45, 7) is 1.43. The van der Waals surface area contributed by atoms with Gasteiger partial charge in [0.1, 0.15) is 0 Å². The molecular weight excluding hydrogens is 410 g/mol. The third-order valence-corrected chi connectivity index (χ3v) is 5.84. The molecule has 0 bridgehead atoms. The fourth-order valence-corrected chi connectivity index (χ4v) is 4.08. The van der Waals surface area contributed by atoms with E-state index in [9.17, 15) is 4.79 Å². The van der Waals surface area contributed by atoms with Crippen LogP contribution in [0.5, 0.6) is 0 Å². The van der Waals surface area contributed by atoms with Crippen molar-refractivity contribution in [2.45, 2.75) is 30.6 Å². The predicted molar refractivity (Wildman–Crippen MR) is 113 cm³/mol. The number of hydrogen-bond acceptors (Lipinski definition) is 6. The summed E-state index contributed by atoms with van der Waals surface area (Å²) in [5, 5.41) is 12.7. The van der Waals surface area contributed by atoms with Gasteiger partial charge in [0.25, 0.3) is 0 Å². The molecule has 7 nitrogen and oxygen atoms in total. The molecule has 0 spiro atoms. The Bertz CT molecular complexity index is 976. The molecule has 0 radical (unpaired) electrons. The number of nitrogens with one attached hydrogen (secondary N) is 1. The van der Waals surface area contributed by atoms with Crippen LogP contribution in [0, 0.1) is 0 Å². The lowest BCUT2D eigenvalue weighted by Crippen LogP contribution is -2.18. The van der Waals surface area contributed by atoms with Gasteiger partial charge in [0.15, 0.2) is 11.0 Å². The number of carbonyl (C=O) groups is 1. The number of carbonyl (C=O) groups excluding carboxylic acids is 1. The van der Waals surface area contributed by atoms with Gasteiger partial charge in [-0.15, -0.1) is 10.2 Å². The second-order valence-corrected chi connectivity index (χ2v) is 7.95. The largest absolute Gasteiger partial charge is 0.376 e. The van der Waals surface area contributed by atoms with Crippen molar-refractivity contribution in [1.29, 1.82) is 0 Å². The number of aromatic nitrogens is 4. The fourth-order valence-electron chi connectivity index (χ4n) is 3.15. The van der Waals surface area contributed by atoms with Gasteiger partial charge in [-0.25, -0.2) is 0 Å². The molecule has 150 valence electrons. The van der Waals surface area contributed by atoms with Crippen LogP contribution in [-0.2, 0) is 16.1 Å². The zero-order valence-corrected chi connectivity index (χ0v) is 17.2. The second-order valence-electron chi connectivity index (χ2n) is 6.60. The number of nitrogens with zero attached hydrogens (tertiary/aromatic N) is 4. The average molecular weight is 430 g/mol. The topological polar surface area (TPSA) is 81.9 Å². The van der Waals surface area contributed by atoms with Crippen LogP contribution in [0.25, 0.3) is 11.4 Å². The maximum absolute atomic E-state index is 12.4. The first-order valence-electron chi connectivity index (χ1n) is 9.33. The zero-order chi connectivity index (χ0) is 20.1. The van der Waals surface area contributed by atoms with Gasteiger partial charge in [-0.2, -0.15) is 0 Å². The van der Waals surface area contributed by atoms with E-state index in [1.807, 2.05) is 28.8 Å². The van der Waals surface area contributed by atoms with Crippen LogP contribution < -0.4 is 5.32 Å². The molecule has 0 aliphatic carbocycles. The van der Waals surface area contributed by atoms with Crippen molar-refractivity contribution in [3.05, 3.63) is 53.8 Å². The highest BCUT2D eigenvalue weighted by Gasteiger charge is 2.22. The van der Waals surface area contributed by atoms with Crippen molar-refractivity contribution in [1.82, 2.24) is 19.7 Å². The minimum atomic E-state index is -0.153. The molecule has 1 saturated heterocycles. The van der Waals surface area contributed by atoms with Gasteiger partial charge in [0, 0.05) is 24.6 Å². The van der Waals surface area contributed by atoms with Gasteiger partial charge in [0.05, 0.1) is 29.1 Å². The lowest BCUT2D eigenvalue weighted by molar-refractivity contribution is -0.113. The number of amides is 1. The Morgan fingerprint density at radius 2 is 2.07 bits per heavy atom. The molecule has 4 rings (SSSR count). The first-order chi connectivity index (χ1) is 14.2. The van der Waals surface area contributed by atoms with Gasteiger partial charge in [-0.1, -0.05) is 35.5 Å². The Labute approximate surface area is 177 Å². The average Bonchev–Trinajstić information content (AvgIpc) is 3.39. The number of para-hydroxylation sites is 1. The normalized spacial score (nSPS) is 16.1. The number of anilines is 1. The molecule has 1 aliphatic rings. The number of ether oxygens (including phenoxy) is 1. The number of benzene rings is 1. The van der Waals surface area contributed by atoms with E-state index >= 15 is 0 Å². The molecule has 29 heavy (non-hydrogen) atoms. The summed E-state index contributed by atoms with van der Waals surface area (Å²) in [5.74, 6) is 0.794. The summed E-state index contributed by atoms with van der Waals surface area (Å²) in [4.78, 5) is 16.5. The Morgan fingerprint density at radius 3 is 2.83 bits per heavy atom. The molecule has 1 aromatic carbocycles. The van der Waals surface area contributed by atoms with E-state index in [4.69, 9.17) is 16.3 Å². The smallest absolute Gasteiger partial charge is 0.234 e. The Balaban J connectivity index is 1.49. The van der Waals surface area contributed by atoms with E-state index in [1.54, 1.807) is 24.5 Å². The highest BCUT2D eigenvalue weighted by atomic mass is 35.5. The minimum Gasteiger partial charge on any atom is -0.376 e. The first kappa shape index (κ1) is 19.9. The van der Waals surface area contributed by atoms with E-state index in [-0.39, 0.29) is 17.8 Å². The predicted octanol–water partition coefficient (Wildman–Crippen LogP) is 3.90. The van der Waals surface area contributed by atoms with E-state index < -0.39 is 0 Å². The van der Waals surface area contributed by atoms with Crippen molar-refractivity contribution < 1.29 is 9.53 Å². The molecule has 3 aromatic rings. The standard InChI is InChI=1S/C20H20ClN5O2S/c21-16-5-1-2-6-17(16)23-18(27)13-29-20-25-24-19(14-7-9-22-10-8-14)26(20)12-15-4-3-11-28-15/h1-2,5-10,15H,3-4,11-13H2,(H,23,27)/t15-/m1/s1. The number of thioether (sulfide) groups is 1. The van der Waals surface area contributed by atoms with Crippen LogP contribution in [0.2, 0.25) is 5.02 Å². The third kappa shape index (κ3) is 4.95. The van der Waals surface area contributed by atoms with Crippen molar-refractivity contribution in [2.24, 2.45) is 0 Å². The second kappa shape index (κ2) is 9.39. The van der Waals surface area contributed by atoms with Crippen LogP contribution in [0.4, 0.5) is 5.69 Å². The molecule has 0 saturated carbocycles. The molecule has 9 heteroatoms. The summed E-state index contributed by atoms with van der Waals surface area (Å²) < 4.78 is 7.82. The lowest BCUT2D eigenvalue weighted by Gasteiger charge is -2.14. The summed E-state index contributed by atoms with van der Waals surface area (Å²) >= 11 is 7.45. The van der Waals surface area contributed by atoms with Crippen molar-refractivity contribution in [3.63, 3.8) is 0 Å². The molecule has 1 fully saturated rings. The SMILES string of the molecule is O=C(CSc1nnc(-c2ccncc2)n1C[C@H]1CCCO1)Nc1ccccc1Cl. The van der Waals surface area contributed by atoms with E-state index in [1.165, 1.54) is 11.8 Å². The first-order valence-corrected chi connectivity index (χ1v) is 10.7. The Hall–Kier alpha value is -2.42. The number of halogens is 1. The van der Waals surface area contributed by atoms with Crippen LogP contribution >= 0.6 is 23.4 Å². The molecule has 0 unspecified atom stereocenters. The summed E-state index contributed by atoms with van der Waals surface area (Å²) in [7, 11) is 0. The van der Waals surface area contributed by atoms with E-state index in [0.29, 0.717) is 22.4 Å². The van der Waals surface area contributed by atoms with E-state index in [2.05, 4.69) is 20.5 Å². The van der Waals surface area contributed by atoms with Crippen LogP contribution in [0.1, 0.15) is 12.8 Å². The van der Waals surface area contributed by atoms with Gasteiger partial charge in [0.2, 0.25) is 5.91 Å². The van der Waals surface area contributed by atoms with Gasteiger partial charge >= 0.3 is 0 Å². The van der Waals surface area contributed by atoms with Gasteiger partial charge in [-0.05, 0) is 37.1 Å². The van der Waals surface area contributed by atoms with E-state index in [0.717, 1.165) is 30.8 Å². The highest BCUT2D eigenvalue weighted by molar-refractivity contribution is 7.99. The van der Waals surface area contributed by atoms with Crippen LogP contribution in [-0.4, -0.2) is 44.1 Å². The Kier molecular flexibility index (Phi) is 6.43. The summed E-state index contributed by atoms with van der Waals surface area (Å²) in [5.41, 5.74) is 1.52. The maximum atomic E-state index is 12.4. The number of pyridine rings is 1. The van der Waals surface area contributed by atoms with Gasteiger partial charge < -0.3 is 10.1 Å². The maximum Gasteiger partial charge on any atom is 0.234 e. The number of hydrogen-bond donors (Lipinski definition) is 1. The molecule has 1 atom stereocenters. The van der Waals surface area contributed by atoms with Gasteiger partial charge in [-0.3, -0.25) is 14.3 Å². The third-order valence-electron chi connectivity index (χ3n) is 4.55. The molecular formula is C20H20ClN5O2S. The van der Waals surface area contributed by atoms with Crippen molar-refractivity contribution in [3.8, 4) is 11.4 Å². The van der Waals surface area contributed by atoms with Crippen molar-refractivity contribution in [2.75, 3.05) is 17.7 Å². The molecule has 1 aliphatic heterocycles. The fraction of sp³-hybridized carbons (Fsp3) is 0.300. The Morgan fingerprint density at radius 1 is 1.24 bits per heavy atom. The monoisotopic (exact) mass is 429 g/mol. The summed E-state index contributed by atoms with van der Waals surface area (Å²) in [6, 6.07) is 11.0. The molecule has 2 aromatic heterocycles. The quantitative estimate of drug-likeness (QED) is 0.573. The van der Waals surface area contributed by atoms with Crippen molar-refractivity contribution >= 4 is 35.0 Å². The van der Waals surface area contributed by atoms with Crippen LogP contribution in [0.15, 0.2) is 53.9 Å². The minimum absolute atomic E-state index is 0.128.